The molecule has 0 unspecified atom stereocenters. The van der Waals surface area contributed by atoms with Crippen LogP contribution in [-0.4, -0.2) is 10.8 Å². The zero-order valence-electron chi connectivity index (χ0n) is 14.8. The van der Waals surface area contributed by atoms with E-state index in [1.54, 1.807) is 0 Å². The molecule has 0 aromatic heterocycles. The van der Waals surface area contributed by atoms with Crippen molar-refractivity contribution in [2.75, 3.05) is 0 Å². The third-order valence-electron chi connectivity index (χ3n) is 6.60. The van der Waals surface area contributed by atoms with Crippen molar-refractivity contribution in [1.29, 1.82) is 0 Å². The van der Waals surface area contributed by atoms with Gasteiger partial charge in [0.05, 0.1) is 5.41 Å². The third kappa shape index (κ3) is 2.66. The normalized spacial score (nSPS) is 34.7. The van der Waals surface area contributed by atoms with Crippen LogP contribution in [-0.2, 0) is 4.79 Å². The van der Waals surface area contributed by atoms with Crippen molar-refractivity contribution in [1.82, 2.24) is 0 Å². The van der Waals surface area contributed by atoms with Crippen molar-refractivity contribution in [3.8, 4) is 16.9 Å². The molecule has 26 heavy (non-hydrogen) atoms. The van der Waals surface area contributed by atoms with Gasteiger partial charge in [0.25, 0.3) is 0 Å². The molecule has 4 saturated carbocycles. The van der Waals surface area contributed by atoms with Gasteiger partial charge in [0.2, 0.25) is 0 Å². The van der Waals surface area contributed by atoms with Crippen LogP contribution < -0.4 is 4.74 Å². The number of hydrogen-bond acceptors (Lipinski definition) is 2. The van der Waals surface area contributed by atoms with Crippen molar-refractivity contribution in [2.45, 2.75) is 43.4 Å². The number of hydrogen-bond donors (Lipinski definition) is 0. The Morgan fingerprint density at radius 1 is 0.923 bits per heavy atom. The van der Waals surface area contributed by atoms with Crippen LogP contribution in [0.25, 0.3) is 11.1 Å². The predicted molar refractivity (Wildman–Crippen MR) is 103 cm³/mol. The van der Waals surface area contributed by atoms with E-state index in [1.165, 1.54) is 6.42 Å². The van der Waals surface area contributed by atoms with Crippen LogP contribution in [0.4, 0.5) is 0 Å². The standard InChI is InChI=1S/C23H23ClO2/c24-23-13-16-10-17(14-23)12-22(11-16,15-23)21(25)26-20-9-5-4-8-19(20)18-6-2-1-3-7-18/h1-9,16-17H,10-15H2/t16-,17-,22?,23?/m1/s1. The van der Waals surface area contributed by atoms with E-state index in [1.807, 2.05) is 54.6 Å². The van der Waals surface area contributed by atoms with E-state index in [-0.39, 0.29) is 16.3 Å². The van der Waals surface area contributed by atoms with Gasteiger partial charge in [0.15, 0.2) is 0 Å². The highest BCUT2D eigenvalue weighted by atomic mass is 35.5. The maximum Gasteiger partial charge on any atom is 0.317 e. The Labute approximate surface area is 159 Å². The molecule has 4 aliphatic rings. The number of rotatable bonds is 3. The molecule has 0 spiro atoms. The minimum absolute atomic E-state index is 0.0694. The molecule has 0 saturated heterocycles. The lowest BCUT2D eigenvalue weighted by Crippen LogP contribution is -2.56. The van der Waals surface area contributed by atoms with Crippen molar-refractivity contribution < 1.29 is 9.53 Å². The molecule has 2 nitrogen and oxygen atoms in total. The molecule has 4 bridgehead atoms. The maximum atomic E-state index is 13.3. The number of esters is 1. The highest BCUT2D eigenvalue weighted by molar-refractivity contribution is 6.24. The summed E-state index contributed by atoms with van der Waals surface area (Å²) in [5.74, 6) is 1.76. The number of carbonyl (C=O) groups excluding carboxylic acids is 1. The van der Waals surface area contributed by atoms with Gasteiger partial charge in [-0.3, -0.25) is 4.79 Å². The lowest BCUT2D eigenvalue weighted by atomic mass is 9.49. The molecule has 4 fully saturated rings. The van der Waals surface area contributed by atoms with Crippen LogP contribution in [0.2, 0.25) is 0 Å². The van der Waals surface area contributed by atoms with Gasteiger partial charge in [0, 0.05) is 10.4 Å². The van der Waals surface area contributed by atoms with Crippen LogP contribution >= 0.6 is 11.6 Å². The van der Waals surface area contributed by atoms with Gasteiger partial charge in [-0.1, -0.05) is 48.5 Å². The quantitative estimate of drug-likeness (QED) is 0.387. The Bertz CT molecular complexity index is 830. The summed E-state index contributed by atoms with van der Waals surface area (Å²) in [5, 5.41) is 0. The highest BCUT2D eigenvalue weighted by Gasteiger charge is 2.60. The van der Waals surface area contributed by atoms with Crippen molar-refractivity contribution in [2.24, 2.45) is 17.3 Å². The van der Waals surface area contributed by atoms with Crippen molar-refractivity contribution in [3.05, 3.63) is 54.6 Å². The number of para-hydroxylation sites is 1. The number of halogens is 1. The first-order valence-corrected chi connectivity index (χ1v) is 9.99. The SMILES string of the molecule is O=C(Oc1ccccc1-c1ccccc1)C12C[C@H]3C[C@@H](CC(Cl)(C3)C1)C2. The van der Waals surface area contributed by atoms with Gasteiger partial charge in [-0.2, -0.15) is 0 Å². The van der Waals surface area contributed by atoms with E-state index in [0.717, 1.165) is 43.2 Å². The summed E-state index contributed by atoms with van der Waals surface area (Å²) >= 11 is 6.89. The molecule has 4 aliphatic carbocycles. The smallest absolute Gasteiger partial charge is 0.317 e. The Morgan fingerprint density at radius 3 is 2.27 bits per heavy atom. The van der Waals surface area contributed by atoms with Crippen LogP contribution in [0.1, 0.15) is 38.5 Å². The van der Waals surface area contributed by atoms with Gasteiger partial charge in [-0.05, 0) is 62.0 Å². The zero-order chi connectivity index (χ0) is 17.8. The molecular formula is C23H23ClO2. The van der Waals surface area contributed by atoms with Gasteiger partial charge < -0.3 is 4.74 Å². The molecule has 2 aromatic rings. The minimum Gasteiger partial charge on any atom is -0.425 e. The maximum absolute atomic E-state index is 13.3. The summed E-state index contributed by atoms with van der Waals surface area (Å²) in [6.07, 6.45) is 6.06. The largest absolute Gasteiger partial charge is 0.425 e. The summed E-state index contributed by atoms with van der Waals surface area (Å²) < 4.78 is 6.03. The molecule has 0 amide bonds. The zero-order valence-corrected chi connectivity index (χ0v) is 15.5. The van der Waals surface area contributed by atoms with E-state index in [4.69, 9.17) is 16.3 Å². The average Bonchev–Trinajstić information content (AvgIpc) is 2.61. The number of alkyl halides is 1. The Hall–Kier alpha value is -1.80. The van der Waals surface area contributed by atoms with E-state index in [9.17, 15) is 4.79 Å². The lowest BCUT2D eigenvalue weighted by molar-refractivity contribution is -0.159. The molecule has 0 aliphatic heterocycles. The van der Waals surface area contributed by atoms with Gasteiger partial charge in [-0.15, -0.1) is 11.6 Å². The lowest BCUT2D eigenvalue weighted by Gasteiger charge is -2.58. The van der Waals surface area contributed by atoms with Gasteiger partial charge >= 0.3 is 5.97 Å². The summed E-state index contributed by atoms with van der Waals surface area (Å²) in [5.41, 5.74) is 1.65. The van der Waals surface area contributed by atoms with Crippen molar-refractivity contribution in [3.63, 3.8) is 0 Å². The molecule has 3 heteroatoms. The fourth-order valence-electron chi connectivity index (χ4n) is 6.01. The summed E-state index contributed by atoms with van der Waals surface area (Å²) in [6, 6.07) is 17.9. The summed E-state index contributed by atoms with van der Waals surface area (Å²) in [6.45, 7) is 0. The van der Waals surface area contributed by atoms with Crippen LogP contribution in [0.3, 0.4) is 0 Å². The molecule has 2 aromatic carbocycles. The predicted octanol–water partition coefficient (Wildman–Crippen LogP) is 5.84. The molecule has 134 valence electrons. The number of ether oxygens (including phenoxy) is 1. The second-order valence-corrected chi connectivity index (χ2v) is 9.45. The second-order valence-electron chi connectivity index (χ2n) is 8.64. The van der Waals surface area contributed by atoms with Crippen molar-refractivity contribution >= 4 is 17.6 Å². The monoisotopic (exact) mass is 366 g/mol. The number of benzene rings is 2. The van der Waals surface area contributed by atoms with E-state index in [2.05, 4.69) is 0 Å². The van der Waals surface area contributed by atoms with Crippen LogP contribution in [0.5, 0.6) is 5.75 Å². The molecule has 0 radical (unpaired) electrons. The highest BCUT2D eigenvalue weighted by Crippen LogP contribution is 2.64. The Balaban J connectivity index is 1.45. The Morgan fingerprint density at radius 2 is 1.58 bits per heavy atom. The van der Waals surface area contributed by atoms with E-state index >= 15 is 0 Å². The summed E-state index contributed by atoms with van der Waals surface area (Å²) in [7, 11) is 0. The van der Waals surface area contributed by atoms with Crippen LogP contribution in [0, 0.1) is 17.3 Å². The Kier molecular flexibility index (Phi) is 3.69. The first-order chi connectivity index (χ1) is 12.6. The third-order valence-corrected chi connectivity index (χ3v) is 7.04. The topological polar surface area (TPSA) is 26.3 Å². The first-order valence-electron chi connectivity index (χ1n) is 9.61. The fourth-order valence-corrected chi connectivity index (χ4v) is 6.70. The summed E-state index contributed by atoms with van der Waals surface area (Å²) in [4.78, 5) is 13.1. The molecule has 6 rings (SSSR count). The molecule has 0 N–H and O–H groups in total. The van der Waals surface area contributed by atoms with E-state index < -0.39 is 0 Å². The molecular weight excluding hydrogens is 344 g/mol. The van der Waals surface area contributed by atoms with Gasteiger partial charge in [-0.25, -0.2) is 0 Å². The number of carbonyl (C=O) groups is 1. The van der Waals surface area contributed by atoms with Gasteiger partial charge in [0.1, 0.15) is 5.75 Å². The second kappa shape index (κ2) is 5.85. The first kappa shape index (κ1) is 16.4. The average molecular weight is 367 g/mol. The van der Waals surface area contributed by atoms with E-state index in [0.29, 0.717) is 17.6 Å². The minimum atomic E-state index is -0.379. The molecule has 0 heterocycles. The molecule has 2 atom stereocenters. The fraction of sp³-hybridized carbons (Fsp3) is 0.435. The van der Waals surface area contributed by atoms with Crippen LogP contribution in [0.15, 0.2) is 54.6 Å².